The number of carbonyl (C=O) groups is 3. The van der Waals surface area contributed by atoms with Gasteiger partial charge in [0.15, 0.2) is 5.66 Å². The Morgan fingerprint density at radius 2 is 1.70 bits per heavy atom. The van der Waals surface area contributed by atoms with Crippen LogP contribution in [0.2, 0.25) is 0 Å². The second kappa shape index (κ2) is 14.0. The molecule has 6 rings (SSSR count). The first-order valence-electron chi connectivity index (χ1n) is 16.4. The molecule has 2 aromatic rings. The third kappa shape index (κ3) is 6.53. The molecule has 2 aromatic carbocycles. The molecule has 0 bridgehead atoms. The summed E-state index contributed by atoms with van der Waals surface area (Å²) >= 11 is 7.16. The quantitative estimate of drug-likeness (QED) is 0.335. The number of nitrogens with one attached hydrogen (secondary N) is 1. The SMILES string of the molecule is CN1CCC(N2CCN(C3(CC=O)CC(N4CCc5ccccc5NC4=O)CC[N@+]3(Cc3cc(Br)cc(Br)c3)C(=O)[O-])CC2)CC1. The van der Waals surface area contributed by atoms with Crippen molar-refractivity contribution in [2.45, 2.75) is 62.8 Å². The highest BCUT2D eigenvalue weighted by atomic mass is 79.9. The van der Waals surface area contributed by atoms with Crippen LogP contribution in [0.25, 0.3) is 0 Å². The Morgan fingerprint density at radius 3 is 2.37 bits per heavy atom. The van der Waals surface area contributed by atoms with Crippen LogP contribution in [-0.2, 0) is 17.8 Å². The van der Waals surface area contributed by atoms with Gasteiger partial charge >= 0.3 is 6.03 Å². The molecule has 0 aliphatic carbocycles. The van der Waals surface area contributed by atoms with E-state index in [-0.39, 0.29) is 36.1 Å². The lowest BCUT2D eigenvalue weighted by Crippen LogP contribution is -2.81. The number of urea groups is 1. The maximum absolute atomic E-state index is 13.7. The van der Waals surface area contributed by atoms with Gasteiger partial charge in [-0.3, -0.25) is 9.38 Å². The number of halogens is 2. The number of para-hydroxylation sites is 1. The van der Waals surface area contributed by atoms with Crippen LogP contribution in [0.5, 0.6) is 0 Å². The third-order valence-corrected chi connectivity index (χ3v) is 11.9. The zero-order chi connectivity index (χ0) is 32.5. The number of likely N-dealkylation sites (tertiary alicyclic amines) is 2. The number of carboxylic acid groups (broad SMARTS) is 1. The largest absolute Gasteiger partial charge is 0.498 e. The first kappa shape index (κ1) is 33.5. The first-order valence-corrected chi connectivity index (χ1v) is 18.0. The molecule has 3 fully saturated rings. The average molecular weight is 761 g/mol. The van der Waals surface area contributed by atoms with E-state index in [4.69, 9.17) is 0 Å². The summed E-state index contributed by atoms with van der Waals surface area (Å²) < 4.78 is 1.31. The minimum Gasteiger partial charge on any atom is -0.498 e. The van der Waals surface area contributed by atoms with Gasteiger partial charge in [-0.15, -0.1) is 0 Å². The predicted octanol–water partition coefficient (Wildman–Crippen LogP) is 4.12. The van der Waals surface area contributed by atoms with Crippen molar-refractivity contribution >= 4 is 56.0 Å². The number of hydrogen-bond donors (Lipinski definition) is 1. The highest BCUT2D eigenvalue weighted by Crippen LogP contribution is 2.45. The van der Waals surface area contributed by atoms with E-state index in [1.54, 1.807) is 0 Å². The lowest BCUT2D eigenvalue weighted by molar-refractivity contribution is -0.956. The van der Waals surface area contributed by atoms with Gasteiger partial charge in [0.05, 0.1) is 13.0 Å². The maximum atomic E-state index is 13.7. The van der Waals surface area contributed by atoms with Crippen LogP contribution in [0.3, 0.4) is 0 Å². The number of anilines is 1. The standard InChI is InChI=1S/C34H44Br2N6O4/c1-38-11-7-29(8-12-38)39-14-16-40(17-15-39)34(10-19-43)23-30(41-13-6-26-4-2-3-5-31(26)37-32(41)44)9-18-42(34,33(45)46)24-25-20-27(35)22-28(36)21-25/h2-5,19-22,29-30H,6-18,23-24H2,1H3,(H-,37,44,45,46)/t30?,34?,42-/m0/s1. The molecule has 3 amide bonds. The molecule has 0 aromatic heterocycles. The molecular weight excluding hydrogens is 716 g/mol. The number of piperidine rings is 2. The average Bonchev–Trinajstić information content (AvgIpc) is 3.20. The molecule has 0 spiro atoms. The molecule has 4 heterocycles. The van der Waals surface area contributed by atoms with E-state index in [0.717, 1.165) is 71.1 Å². The van der Waals surface area contributed by atoms with Gasteiger partial charge in [0.1, 0.15) is 12.8 Å². The lowest BCUT2D eigenvalue weighted by Gasteiger charge is -2.62. The Hall–Kier alpha value is -2.35. The van der Waals surface area contributed by atoms with Crippen LogP contribution in [0.1, 0.15) is 43.2 Å². The number of hydrogen-bond acceptors (Lipinski definition) is 7. The van der Waals surface area contributed by atoms with Crippen molar-refractivity contribution in [2.24, 2.45) is 0 Å². The highest BCUT2D eigenvalue weighted by Gasteiger charge is 2.61. The Kier molecular flexibility index (Phi) is 10.2. The molecule has 248 valence electrons. The van der Waals surface area contributed by atoms with E-state index in [1.807, 2.05) is 47.4 Å². The number of amides is 3. The van der Waals surface area contributed by atoms with Crippen molar-refractivity contribution in [3.05, 3.63) is 62.5 Å². The molecule has 0 radical (unpaired) electrons. The van der Waals surface area contributed by atoms with E-state index >= 15 is 0 Å². The molecule has 3 saturated heterocycles. The van der Waals surface area contributed by atoms with Crippen LogP contribution in [0, 0.1) is 0 Å². The molecule has 4 aliphatic heterocycles. The monoisotopic (exact) mass is 758 g/mol. The minimum atomic E-state index is -1.18. The fourth-order valence-corrected chi connectivity index (χ4v) is 9.97. The zero-order valence-electron chi connectivity index (χ0n) is 26.5. The van der Waals surface area contributed by atoms with Gasteiger partial charge in [0, 0.05) is 77.8 Å². The summed E-state index contributed by atoms with van der Waals surface area (Å²) in [7, 11) is 2.17. The summed E-state index contributed by atoms with van der Waals surface area (Å²) in [6.07, 6.45) is 3.56. The van der Waals surface area contributed by atoms with Crippen molar-refractivity contribution in [2.75, 3.05) is 64.7 Å². The highest BCUT2D eigenvalue weighted by molar-refractivity contribution is 9.11. The van der Waals surface area contributed by atoms with Crippen molar-refractivity contribution in [1.29, 1.82) is 0 Å². The van der Waals surface area contributed by atoms with Gasteiger partial charge in [-0.2, -0.15) is 0 Å². The minimum absolute atomic E-state index is 0.0383. The number of quaternary nitrogens is 1. The topological polar surface area (TPSA) is 99.3 Å². The summed E-state index contributed by atoms with van der Waals surface area (Å²) in [5.41, 5.74) is 1.65. The maximum Gasteiger partial charge on any atom is 0.322 e. The zero-order valence-corrected chi connectivity index (χ0v) is 29.7. The Labute approximate surface area is 288 Å². The summed E-state index contributed by atoms with van der Waals surface area (Å²) in [6, 6.07) is 13.8. The smallest absolute Gasteiger partial charge is 0.322 e. The van der Waals surface area contributed by atoms with Crippen LogP contribution in [-0.4, -0.2) is 120 Å². The molecule has 3 atom stereocenters. The number of benzene rings is 2. The van der Waals surface area contributed by atoms with E-state index in [0.29, 0.717) is 44.9 Å². The number of rotatable bonds is 7. The number of fused-ring (bicyclic) bond motifs is 1. The van der Waals surface area contributed by atoms with Crippen LogP contribution < -0.4 is 10.4 Å². The van der Waals surface area contributed by atoms with Gasteiger partial charge in [-0.1, -0.05) is 50.1 Å². The molecule has 46 heavy (non-hydrogen) atoms. The van der Waals surface area contributed by atoms with Gasteiger partial charge < -0.3 is 29.8 Å². The second-order valence-corrected chi connectivity index (χ2v) is 15.3. The van der Waals surface area contributed by atoms with Gasteiger partial charge in [0.25, 0.3) is 6.09 Å². The van der Waals surface area contributed by atoms with E-state index in [1.165, 1.54) is 0 Å². The van der Waals surface area contributed by atoms with Gasteiger partial charge in [-0.05, 0) is 69.2 Å². The van der Waals surface area contributed by atoms with Crippen LogP contribution in [0.4, 0.5) is 15.3 Å². The first-order chi connectivity index (χ1) is 22.1. The third-order valence-electron chi connectivity index (χ3n) is 11.0. The Morgan fingerprint density at radius 1 is 1.00 bits per heavy atom. The molecular formula is C34H44Br2N6O4. The van der Waals surface area contributed by atoms with Crippen LogP contribution in [0.15, 0.2) is 51.4 Å². The number of carbonyl (C=O) groups excluding carboxylic acids is 3. The number of piperazine rings is 1. The fourth-order valence-electron chi connectivity index (χ4n) is 8.59. The van der Waals surface area contributed by atoms with Gasteiger partial charge in [-0.25, -0.2) is 9.69 Å². The summed E-state index contributed by atoms with van der Waals surface area (Å²) in [5, 5.41) is 16.8. The fraction of sp³-hybridized carbons (Fsp3) is 0.559. The predicted molar refractivity (Wildman–Crippen MR) is 182 cm³/mol. The summed E-state index contributed by atoms with van der Waals surface area (Å²) in [5.74, 6) is 0. The molecule has 4 aliphatic rings. The number of aldehydes is 1. The van der Waals surface area contributed by atoms with Crippen molar-refractivity contribution in [1.82, 2.24) is 19.6 Å². The second-order valence-electron chi connectivity index (χ2n) is 13.5. The van der Waals surface area contributed by atoms with E-state index in [2.05, 4.69) is 58.9 Å². The summed E-state index contributed by atoms with van der Waals surface area (Å²) in [4.78, 5) is 49.2. The molecule has 12 heteroatoms. The number of nitrogens with zero attached hydrogens (tertiary/aromatic N) is 5. The summed E-state index contributed by atoms with van der Waals surface area (Å²) in [6.45, 7) is 6.04. The molecule has 2 unspecified atom stereocenters. The van der Waals surface area contributed by atoms with Crippen molar-refractivity contribution < 1.29 is 24.0 Å². The molecule has 10 nitrogen and oxygen atoms in total. The Bertz CT molecular complexity index is 1430. The Balaban J connectivity index is 1.35. The van der Waals surface area contributed by atoms with Gasteiger partial charge in [0.2, 0.25) is 0 Å². The van der Waals surface area contributed by atoms with Crippen molar-refractivity contribution in [3.8, 4) is 0 Å². The van der Waals surface area contributed by atoms with Crippen LogP contribution >= 0.6 is 31.9 Å². The van der Waals surface area contributed by atoms with Crippen molar-refractivity contribution in [3.63, 3.8) is 0 Å². The molecule has 1 N–H and O–H groups in total. The normalized spacial score (nSPS) is 28.7. The lowest BCUT2D eigenvalue weighted by atomic mass is 9.82. The van der Waals surface area contributed by atoms with E-state index in [9.17, 15) is 19.5 Å². The molecule has 0 saturated carbocycles. The van der Waals surface area contributed by atoms with E-state index < -0.39 is 11.8 Å².